The fourth-order valence-corrected chi connectivity index (χ4v) is 3.91. The lowest BCUT2D eigenvalue weighted by atomic mass is 10.1. The van der Waals surface area contributed by atoms with Gasteiger partial charge in [0.15, 0.2) is 0 Å². The number of pyridine rings is 1. The molecule has 0 aliphatic carbocycles. The van der Waals surface area contributed by atoms with Crippen molar-refractivity contribution in [1.82, 2.24) is 4.57 Å². The second kappa shape index (κ2) is 6.02. The minimum atomic E-state index is -0.901. The maximum absolute atomic E-state index is 13.8. The van der Waals surface area contributed by atoms with Crippen LogP contribution in [0.4, 0.5) is 14.5 Å². The molecule has 2 heterocycles. The summed E-state index contributed by atoms with van der Waals surface area (Å²) in [4.78, 5) is 25.4. The van der Waals surface area contributed by atoms with Gasteiger partial charge in [-0.05, 0) is 43.2 Å². The summed E-state index contributed by atoms with van der Waals surface area (Å²) in [6.07, 6.45) is 2.27. The zero-order chi connectivity index (χ0) is 18.6. The van der Waals surface area contributed by atoms with Crippen LogP contribution in [0.15, 0.2) is 45.8 Å². The van der Waals surface area contributed by atoms with Crippen molar-refractivity contribution in [3.05, 3.63) is 74.0 Å². The van der Waals surface area contributed by atoms with E-state index in [1.54, 1.807) is 6.07 Å². The molecule has 0 fully saturated rings. The van der Waals surface area contributed by atoms with Crippen LogP contribution in [0.3, 0.4) is 0 Å². The lowest BCUT2D eigenvalue weighted by Crippen LogP contribution is -2.24. The molecule has 0 unspecified atom stereocenters. The molecule has 26 heavy (non-hydrogen) atoms. The lowest BCUT2D eigenvalue weighted by molar-refractivity contribution is 0.102. The number of rotatable bonds is 2. The zero-order valence-electron chi connectivity index (χ0n) is 13.6. The summed E-state index contributed by atoms with van der Waals surface area (Å²) in [6.45, 7) is 2.00. The van der Waals surface area contributed by atoms with E-state index < -0.39 is 23.0 Å². The van der Waals surface area contributed by atoms with Crippen molar-refractivity contribution in [2.75, 3.05) is 5.32 Å². The van der Waals surface area contributed by atoms with Crippen LogP contribution in [-0.2, 0) is 6.42 Å². The van der Waals surface area contributed by atoms with Crippen LogP contribution in [0, 0.1) is 11.6 Å². The van der Waals surface area contributed by atoms with E-state index in [-0.39, 0.29) is 17.3 Å². The molecule has 0 bridgehead atoms. The highest BCUT2D eigenvalue weighted by atomic mass is 79.9. The Bertz CT molecular complexity index is 1140. The smallest absolute Gasteiger partial charge is 0.261 e. The van der Waals surface area contributed by atoms with Crippen molar-refractivity contribution in [2.24, 2.45) is 0 Å². The van der Waals surface area contributed by atoms with E-state index in [0.717, 1.165) is 34.1 Å². The minimum absolute atomic E-state index is 0.0842. The predicted molar refractivity (Wildman–Crippen MR) is 98.6 cm³/mol. The monoisotopic (exact) mass is 418 g/mol. The number of nitrogens with zero attached hydrogens (tertiary/aromatic N) is 1. The lowest BCUT2D eigenvalue weighted by Gasteiger charge is -2.13. The van der Waals surface area contributed by atoms with Gasteiger partial charge in [-0.3, -0.25) is 9.59 Å². The first-order valence-electron chi connectivity index (χ1n) is 7.99. The fourth-order valence-electron chi connectivity index (χ4n) is 3.40. The highest BCUT2D eigenvalue weighted by Gasteiger charge is 2.25. The molecule has 1 atom stereocenters. The first kappa shape index (κ1) is 16.9. The Kier molecular flexibility index (Phi) is 3.91. The van der Waals surface area contributed by atoms with Crippen LogP contribution in [-0.4, -0.2) is 10.5 Å². The summed E-state index contributed by atoms with van der Waals surface area (Å²) in [6, 6.07) is 6.58. The molecule has 2 aromatic carbocycles. The molecule has 132 valence electrons. The molecule has 1 aliphatic rings. The van der Waals surface area contributed by atoms with Crippen LogP contribution in [0.25, 0.3) is 10.9 Å². The van der Waals surface area contributed by atoms with Gasteiger partial charge in [0, 0.05) is 28.2 Å². The molecule has 1 aliphatic heterocycles. The van der Waals surface area contributed by atoms with Crippen LogP contribution < -0.4 is 10.7 Å². The summed E-state index contributed by atoms with van der Waals surface area (Å²) in [7, 11) is 0. The van der Waals surface area contributed by atoms with Gasteiger partial charge in [-0.15, -0.1) is 0 Å². The Hall–Kier alpha value is -2.54. The van der Waals surface area contributed by atoms with Crippen molar-refractivity contribution >= 4 is 38.4 Å². The Labute approximate surface area is 155 Å². The van der Waals surface area contributed by atoms with E-state index in [1.165, 1.54) is 6.20 Å². The summed E-state index contributed by atoms with van der Waals surface area (Å²) < 4.78 is 29.5. The zero-order valence-corrected chi connectivity index (χ0v) is 15.2. The Morgan fingerprint density at radius 2 is 2.04 bits per heavy atom. The number of aromatic nitrogens is 1. The molecular weight excluding hydrogens is 406 g/mol. The first-order chi connectivity index (χ1) is 12.3. The van der Waals surface area contributed by atoms with E-state index in [0.29, 0.717) is 11.5 Å². The summed E-state index contributed by atoms with van der Waals surface area (Å²) in [5.41, 5.74) is 1.16. The van der Waals surface area contributed by atoms with Gasteiger partial charge in [0.2, 0.25) is 5.43 Å². The van der Waals surface area contributed by atoms with Gasteiger partial charge in [-0.25, -0.2) is 8.78 Å². The molecule has 4 nitrogen and oxygen atoms in total. The molecule has 7 heteroatoms. The number of carbonyl (C=O) groups is 1. The molecule has 1 amide bonds. The number of carbonyl (C=O) groups excluding carboxylic acids is 1. The van der Waals surface area contributed by atoms with Crippen molar-refractivity contribution in [3.63, 3.8) is 0 Å². The number of halogens is 3. The molecule has 1 N–H and O–H groups in total. The highest BCUT2D eigenvalue weighted by Crippen LogP contribution is 2.33. The molecule has 3 aromatic rings. The predicted octanol–water partition coefficient (Wildman–Crippen LogP) is 4.41. The first-order valence-corrected chi connectivity index (χ1v) is 8.78. The number of hydrogen-bond acceptors (Lipinski definition) is 2. The molecule has 0 spiro atoms. The Morgan fingerprint density at radius 3 is 2.77 bits per heavy atom. The number of amides is 1. The SMILES string of the molecule is C[C@H]1Cc2cc(Br)cc3c(=O)c(C(=O)Nc4ccc(F)cc4F)cn1c23. The standard InChI is InChI=1S/C19H13BrF2N2O2/c1-9-4-10-5-11(20)6-13-17(10)24(9)8-14(18(13)25)19(26)23-16-3-2-12(21)7-15(16)22/h2-3,5-9H,4H2,1H3,(H,23,26)/t9-/m0/s1. The third kappa shape index (κ3) is 2.63. The van der Waals surface area contributed by atoms with Crippen LogP contribution in [0.1, 0.15) is 28.9 Å². The van der Waals surface area contributed by atoms with E-state index in [4.69, 9.17) is 0 Å². The van der Waals surface area contributed by atoms with Crippen molar-refractivity contribution < 1.29 is 13.6 Å². The maximum Gasteiger partial charge on any atom is 0.261 e. The summed E-state index contributed by atoms with van der Waals surface area (Å²) in [5.74, 6) is -2.38. The number of nitrogens with one attached hydrogen (secondary N) is 1. The van der Waals surface area contributed by atoms with Crippen LogP contribution >= 0.6 is 15.9 Å². The van der Waals surface area contributed by atoms with Crippen molar-refractivity contribution in [2.45, 2.75) is 19.4 Å². The summed E-state index contributed by atoms with van der Waals surface area (Å²) in [5, 5.41) is 2.79. The topological polar surface area (TPSA) is 51.1 Å². The van der Waals surface area contributed by atoms with Gasteiger partial charge >= 0.3 is 0 Å². The normalized spacial score (nSPS) is 15.5. The minimum Gasteiger partial charge on any atom is -0.343 e. The van der Waals surface area contributed by atoms with Crippen LogP contribution in [0.2, 0.25) is 0 Å². The number of hydrogen-bond donors (Lipinski definition) is 1. The third-order valence-corrected chi connectivity index (χ3v) is 5.04. The summed E-state index contributed by atoms with van der Waals surface area (Å²) >= 11 is 3.40. The molecular formula is C19H13BrF2N2O2. The van der Waals surface area contributed by atoms with E-state index >= 15 is 0 Å². The molecule has 1 aromatic heterocycles. The van der Waals surface area contributed by atoms with Gasteiger partial charge in [-0.1, -0.05) is 15.9 Å². The number of anilines is 1. The maximum atomic E-state index is 13.8. The van der Waals surface area contributed by atoms with Crippen molar-refractivity contribution in [1.29, 1.82) is 0 Å². The van der Waals surface area contributed by atoms with Gasteiger partial charge in [0.05, 0.1) is 11.2 Å². The average Bonchev–Trinajstić information content (AvgIpc) is 2.88. The molecule has 0 saturated carbocycles. The molecule has 0 radical (unpaired) electrons. The average molecular weight is 419 g/mol. The van der Waals surface area contributed by atoms with Gasteiger partial charge in [0.25, 0.3) is 5.91 Å². The van der Waals surface area contributed by atoms with Crippen molar-refractivity contribution in [3.8, 4) is 0 Å². The van der Waals surface area contributed by atoms with E-state index in [1.807, 2.05) is 17.6 Å². The highest BCUT2D eigenvalue weighted by molar-refractivity contribution is 9.10. The van der Waals surface area contributed by atoms with Gasteiger partial charge in [-0.2, -0.15) is 0 Å². The van der Waals surface area contributed by atoms with E-state index in [2.05, 4.69) is 21.2 Å². The largest absolute Gasteiger partial charge is 0.343 e. The fraction of sp³-hybridized carbons (Fsp3) is 0.158. The third-order valence-electron chi connectivity index (χ3n) is 4.58. The van der Waals surface area contributed by atoms with E-state index in [9.17, 15) is 18.4 Å². The van der Waals surface area contributed by atoms with Gasteiger partial charge < -0.3 is 9.88 Å². The Balaban J connectivity index is 1.84. The quantitative estimate of drug-likeness (QED) is 0.669. The second-order valence-corrected chi connectivity index (χ2v) is 7.29. The molecule has 4 rings (SSSR count). The van der Waals surface area contributed by atoms with Gasteiger partial charge in [0.1, 0.15) is 17.2 Å². The number of benzene rings is 2. The molecule has 0 saturated heterocycles. The Morgan fingerprint density at radius 1 is 1.27 bits per heavy atom. The van der Waals surface area contributed by atoms with Crippen LogP contribution in [0.5, 0.6) is 0 Å². The second-order valence-electron chi connectivity index (χ2n) is 6.37.